The second-order valence-corrected chi connectivity index (χ2v) is 6.94. The molecule has 0 saturated carbocycles. The first-order valence-corrected chi connectivity index (χ1v) is 8.78. The minimum Gasteiger partial charge on any atom is -0.467 e. The van der Waals surface area contributed by atoms with E-state index in [1.165, 1.54) is 0 Å². The van der Waals surface area contributed by atoms with Crippen LogP contribution in [-0.2, 0) is 7.05 Å². The highest BCUT2D eigenvalue weighted by atomic mass is 16.4. The number of aromatic nitrogens is 2. The zero-order valence-corrected chi connectivity index (χ0v) is 15.0. The van der Waals surface area contributed by atoms with Gasteiger partial charge in [0.2, 0.25) is 0 Å². The SMILES string of the molecule is CC(C)c1nn(C)cc1NC(=O)N1CCCC1CC(O)c1ccco1. The van der Waals surface area contributed by atoms with Crippen molar-refractivity contribution < 1.29 is 14.3 Å². The first-order chi connectivity index (χ1) is 12.0. The number of likely N-dealkylation sites (tertiary alicyclic amines) is 1. The summed E-state index contributed by atoms with van der Waals surface area (Å²) in [5, 5.41) is 17.7. The Morgan fingerprint density at radius 2 is 2.32 bits per heavy atom. The van der Waals surface area contributed by atoms with Crippen LogP contribution in [0.15, 0.2) is 29.0 Å². The fourth-order valence-corrected chi connectivity index (χ4v) is 3.42. The molecule has 2 unspecified atom stereocenters. The van der Waals surface area contributed by atoms with Crippen LogP contribution in [0.2, 0.25) is 0 Å². The van der Waals surface area contributed by atoms with Crippen LogP contribution >= 0.6 is 0 Å². The number of hydrogen-bond donors (Lipinski definition) is 2. The molecule has 136 valence electrons. The summed E-state index contributed by atoms with van der Waals surface area (Å²) in [4.78, 5) is 14.6. The molecule has 2 aromatic rings. The lowest BCUT2D eigenvalue weighted by Gasteiger charge is -2.26. The number of hydrogen-bond acceptors (Lipinski definition) is 4. The summed E-state index contributed by atoms with van der Waals surface area (Å²) >= 11 is 0. The van der Waals surface area contributed by atoms with E-state index in [0.717, 1.165) is 24.2 Å². The molecule has 2 amide bonds. The van der Waals surface area contributed by atoms with Gasteiger partial charge in [0, 0.05) is 32.3 Å². The number of carbonyl (C=O) groups excluding carboxylic acids is 1. The summed E-state index contributed by atoms with van der Waals surface area (Å²) in [5.41, 5.74) is 1.63. The molecule has 2 atom stereocenters. The molecule has 2 aromatic heterocycles. The molecule has 3 heterocycles. The Labute approximate surface area is 147 Å². The van der Waals surface area contributed by atoms with Gasteiger partial charge in [0.15, 0.2) is 0 Å². The Hall–Kier alpha value is -2.28. The molecule has 25 heavy (non-hydrogen) atoms. The summed E-state index contributed by atoms with van der Waals surface area (Å²) < 4.78 is 6.98. The maximum Gasteiger partial charge on any atom is 0.322 e. The molecule has 0 radical (unpaired) electrons. The van der Waals surface area contributed by atoms with Crippen LogP contribution in [0.5, 0.6) is 0 Å². The molecule has 2 N–H and O–H groups in total. The van der Waals surface area contributed by atoms with Gasteiger partial charge in [0.25, 0.3) is 0 Å². The molecular formula is C18H26N4O3. The predicted octanol–water partition coefficient (Wildman–Crippen LogP) is 3.26. The standard InChI is InChI=1S/C18H26N4O3/c1-12(2)17-14(11-21(3)20-17)19-18(24)22-8-4-6-13(22)10-15(23)16-7-5-9-25-16/h5,7,9,11-13,15,23H,4,6,8,10H2,1-3H3,(H,19,24). The minimum absolute atomic E-state index is 0.000675. The fourth-order valence-electron chi connectivity index (χ4n) is 3.42. The molecule has 1 aliphatic rings. The van der Waals surface area contributed by atoms with E-state index in [1.807, 2.05) is 18.1 Å². The molecule has 7 heteroatoms. The van der Waals surface area contributed by atoms with Gasteiger partial charge >= 0.3 is 6.03 Å². The monoisotopic (exact) mass is 346 g/mol. The Morgan fingerprint density at radius 3 is 3.00 bits per heavy atom. The van der Waals surface area contributed by atoms with Crippen LogP contribution in [0.25, 0.3) is 0 Å². The average Bonchev–Trinajstić information content (AvgIpc) is 3.27. The van der Waals surface area contributed by atoms with Crippen LogP contribution in [0.3, 0.4) is 0 Å². The van der Waals surface area contributed by atoms with Crippen LogP contribution < -0.4 is 5.32 Å². The molecule has 7 nitrogen and oxygen atoms in total. The van der Waals surface area contributed by atoms with Crippen molar-refractivity contribution in [2.75, 3.05) is 11.9 Å². The Morgan fingerprint density at radius 1 is 1.52 bits per heavy atom. The molecule has 0 spiro atoms. The summed E-state index contributed by atoms with van der Waals surface area (Å²) in [7, 11) is 1.85. The fraction of sp³-hybridized carbons (Fsp3) is 0.556. The third-order valence-corrected chi connectivity index (χ3v) is 4.65. The van der Waals surface area contributed by atoms with E-state index in [2.05, 4.69) is 24.3 Å². The molecule has 1 aliphatic heterocycles. The highest BCUT2D eigenvalue weighted by molar-refractivity contribution is 5.90. The number of urea groups is 1. The molecule has 0 bridgehead atoms. The number of carbonyl (C=O) groups is 1. The van der Waals surface area contributed by atoms with E-state index in [0.29, 0.717) is 18.7 Å². The number of aliphatic hydroxyl groups is 1. The summed E-state index contributed by atoms with van der Waals surface area (Å²) in [6.45, 7) is 4.80. The molecular weight excluding hydrogens is 320 g/mol. The first-order valence-electron chi connectivity index (χ1n) is 8.78. The van der Waals surface area contributed by atoms with Gasteiger partial charge in [-0.05, 0) is 30.9 Å². The van der Waals surface area contributed by atoms with Crippen LogP contribution in [-0.4, -0.2) is 38.4 Å². The second-order valence-electron chi connectivity index (χ2n) is 6.94. The van der Waals surface area contributed by atoms with Crippen molar-refractivity contribution in [3.8, 4) is 0 Å². The normalized spacial score (nSPS) is 18.8. The van der Waals surface area contributed by atoms with Crippen molar-refractivity contribution in [1.82, 2.24) is 14.7 Å². The lowest BCUT2D eigenvalue weighted by atomic mass is 10.1. The smallest absolute Gasteiger partial charge is 0.322 e. The van der Waals surface area contributed by atoms with Gasteiger partial charge in [-0.3, -0.25) is 4.68 Å². The van der Waals surface area contributed by atoms with Crippen molar-refractivity contribution in [1.29, 1.82) is 0 Å². The van der Waals surface area contributed by atoms with Crippen molar-refractivity contribution >= 4 is 11.7 Å². The number of rotatable bonds is 5. The van der Waals surface area contributed by atoms with Crippen molar-refractivity contribution in [3.63, 3.8) is 0 Å². The molecule has 0 aliphatic carbocycles. The number of nitrogens with one attached hydrogen (secondary N) is 1. The van der Waals surface area contributed by atoms with E-state index in [1.54, 1.807) is 23.1 Å². The van der Waals surface area contributed by atoms with Gasteiger partial charge in [0.1, 0.15) is 11.9 Å². The maximum absolute atomic E-state index is 12.7. The van der Waals surface area contributed by atoms with Crippen molar-refractivity contribution in [3.05, 3.63) is 36.0 Å². The summed E-state index contributed by atoms with van der Waals surface area (Å²) in [6.07, 6.45) is 4.98. The number of aliphatic hydroxyl groups excluding tert-OH is 1. The quantitative estimate of drug-likeness (QED) is 0.870. The van der Waals surface area contributed by atoms with E-state index in [9.17, 15) is 9.90 Å². The van der Waals surface area contributed by atoms with Crippen molar-refractivity contribution in [2.45, 2.75) is 51.2 Å². The van der Waals surface area contributed by atoms with Crippen LogP contribution in [0.4, 0.5) is 10.5 Å². The van der Waals surface area contributed by atoms with E-state index >= 15 is 0 Å². The third-order valence-electron chi connectivity index (χ3n) is 4.65. The average molecular weight is 346 g/mol. The van der Waals surface area contributed by atoms with E-state index in [4.69, 9.17) is 4.42 Å². The molecule has 1 saturated heterocycles. The molecule has 1 fully saturated rings. The lowest BCUT2D eigenvalue weighted by molar-refractivity contribution is 0.110. The maximum atomic E-state index is 12.7. The summed E-state index contributed by atoms with van der Waals surface area (Å²) in [5.74, 6) is 0.772. The number of anilines is 1. The minimum atomic E-state index is -0.696. The Kier molecular flexibility index (Phi) is 5.13. The first kappa shape index (κ1) is 17.5. The predicted molar refractivity (Wildman–Crippen MR) is 94.3 cm³/mol. The van der Waals surface area contributed by atoms with Gasteiger partial charge in [-0.1, -0.05) is 13.8 Å². The number of amides is 2. The third kappa shape index (κ3) is 3.87. The zero-order chi connectivity index (χ0) is 18.0. The Balaban J connectivity index is 1.67. The van der Waals surface area contributed by atoms with Crippen LogP contribution in [0, 0.1) is 0 Å². The van der Waals surface area contributed by atoms with Gasteiger partial charge < -0.3 is 19.7 Å². The number of nitrogens with zero attached hydrogens (tertiary/aromatic N) is 3. The zero-order valence-electron chi connectivity index (χ0n) is 15.0. The van der Waals surface area contributed by atoms with Gasteiger partial charge in [-0.2, -0.15) is 5.10 Å². The largest absolute Gasteiger partial charge is 0.467 e. The van der Waals surface area contributed by atoms with Gasteiger partial charge in [-0.15, -0.1) is 0 Å². The van der Waals surface area contributed by atoms with E-state index in [-0.39, 0.29) is 18.0 Å². The van der Waals surface area contributed by atoms with Gasteiger partial charge in [-0.25, -0.2) is 4.79 Å². The van der Waals surface area contributed by atoms with Gasteiger partial charge in [0.05, 0.1) is 17.6 Å². The number of furan rings is 1. The highest BCUT2D eigenvalue weighted by Crippen LogP contribution is 2.29. The summed E-state index contributed by atoms with van der Waals surface area (Å²) in [6, 6.07) is 3.38. The highest BCUT2D eigenvalue weighted by Gasteiger charge is 2.32. The van der Waals surface area contributed by atoms with Crippen molar-refractivity contribution in [2.24, 2.45) is 7.05 Å². The topological polar surface area (TPSA) is 83.5 Å². The lowest BCUT2D eigenvalue weighted by Crippen LogP contribution is -2.39. The van der Waals surface area contributed by atoms with Crippen LogP contribution in [0.1, 0.15) is 56.6 Å². The molecule has 0 aromatic carbocycles. The Bertz CT molecular complexity index is 708. The molecule has 3 rings (SSSR count). The second kappa shape index (κ2) is 7.31. The van der Waals surface area contributed by atoms with E-state index < -0.39 is 6.10 Å². The number of aryl methyl sites for hydroxylation is 1.